The third kappa shape index (κ3) is 4.21. The molecule has 0 fully saturated rings. The van der Waals surface area contributed by atoms with Crippen LogP contribution in [0.25, 0.3) is 55.0 Å². The SMILES string of the molecule is CN(C)CCOc1cncc(-c2cnc3[nH]nc(-c4cc5c(-c6ccc(F)s6)ccnc5[nH]4)c3c2)c1. The molecule has 6 aromatic heterocycles. The minimum absolute atomic E-state index is 0.218. The molecule has 8 nitrogen and oxygen atoms in total. The van der Waals surface area contributed by atoms with Gasteiger partial charge in [-0.1, -0.05) is 0 Å². The molecule has 0 unspecified atom stereocenters. The topological polar surface area (TPSA) is 95.6 Å². The van der Waals surface area contributed by atoms with E-state index in [1.807, 2.05) is 38.4 Å². The van der Waals surface area contributed by atoms with Gasteiger partial charge in [0.05, 0.1) is 11.9 Å². The van der Waals surface area contributed by atoms with Crippen LogP contribution in [0.4, 0.5) is 4.39 Å². The fraction of sp³-hybridized carbons (Fsp3) is 0.154. The summed E-state index contributed by atoms with van der Waals surface area (Å²) in [5, 5.41) is 9.09. The number of hydrogen-bond donors (Lipinski definition) is 2. The molecule has 0 aliphatic heterocycles. The number of aromatic amines is 2. The number of likely N-dealkylation sites (N-methyl/N-ethyl adjacent to an activating group) is 1. The quantitative estimate of drug-likeness (QED) is 0.307. The number of nitrogens with zero attached hydrogens (tertiary/aromatic N) is 5. The Morgan fingerprint density at radius 1 is 0.972 bits per heavy atom. The summed E-state index contributed by atoms with van der Waals surface area (Å²) in [6.07, 6.45) is 7.02. The predicted molar refractivity (Wildman–Crippen MR) is 140 cm³/mol. The average molecular weight is 500 g/mol. The molecule has 0 radical (unpaired) electrons. The third-order valence-electron chi connectivity index (χ3n) is 5.90. The van der Waals surface area contributed by atoms with Crippen LogP contribution in [0.15, 0.2) is 61.2 Å². The summed E-state index contributed by atoms with van der Waals surface area (Å²) in [6.45, 7) is 1.40. The highest BCUT2D eigenvalue weighted by Crippen LogP contribution is 2.36. The molecule has 10 heteroatoms. The van der Waals surface area contributed by atoms with E-state index in [2.05, 4.69) is 35.0 Å². The molecule has 0 aliphatic rings. The Bertz CT molecular complexity index is 1690. The number of fused-ring (bicyclic) bond motifs is 2. The Morgan fingerprint density at radius 3 is 2.69 bits per heavy atom. The van der Waals surface area contributed by atoms with Gasteiger partial charge in [0.2, 0.25) is 0 Å². The first-order valence-corrected chi connectivity index (χ1v) is 12.2. The summed E-state index contributed by atoms with van der Waals surface area (Å²) in [4.78, 5) is 19.7. The lowest BCUT2D eigenvalue weighted by Gasteiger charge is -2.11. The van der Waals surface area contributed by atoms with Crippen LogP contribution in [0.1, 0.15) is 0 Å². The molecular formula is C26H22FN7OS. The summed E-state index contributed by atoms with van der Waals surface area (Å²) in [7, 11) is 4.01. The van der Waals surface area contributed by atoms with Gasteiger partial charge in [0, 0.05) is 57.5 Å². The van der Waals surface area contributed by atoms with Gasteiger partial charge in [0.25, 0.3) is 0 Å². The first-order chi connectivity index (χ1) is 17.5. The summed E-state index contributed by atoms with van der Waals surface area (Å²) < 4.78 is 19.5. The van der Waals surface area contributed by atoms with Crippen LogP contribution < -0.4 is 4.74 Å². The van der Waals surface area contributed by atoms with Gasteiger partial charge in [-0.15, -0.1) is 11.3 Å². The second-order valence-electron chi connectivity index (χ2n) is 8.66. The van der Waals surface area contributed by atoms with Gasteiger partial charge in [-0.05, 0) is 50.5 Å². The molecule has 2 N–H and O–H groups in total. The molecule has 0 aliphatic carbocycles. The standard InChI is InChI=1S/C26H22FN7OS/c1-34(2)7-8-35-17-9-15(12-28-14-17)16-10-20-24(32-33-26(20)30-13-16)21-11-19-18(5-6-29-25(19)31-21)22-3-4-23(27)36-22/h3-6,9-14H,7-8H2,1-2H3,(H,29,31)(H,30,32,33). The second kappa shape index (κ2) is 9.14. The Kier molecular flexibility index (Phi) is 5.67. The Labute approximate surface area is 209 Å². The van der Waals surface area contributed by atoms with E-state index in [0.717, 1.165) is 61.6 Å². The van der Waals surface area contributed by atoms with Crippen molar-refractivity contribution in [1.29, 1.82) is 0 Å². The highest BCUT2D eigenvalue weighted by Gasteiger charge is 2.16. The van der Waals surface area contributed by atoms with Crippen molar-refractivity contribution in [2.24, 2.45) is 0 Å². The van der Waals surface area contributed by atoms with Crippen molar-refractivity contribution in [3.8, 4) is 38.7 Å². The molecule has 0 saturated carbocycles. The number of aromatic nitrogens is 6. The zero-order chi connectivity index (χ0) is 24.6. The lowest BCUT2D eigenvalue weighted by Crippen LogP contribution is -2.19. The molecule has 0 amide bonds. The zero-order valence-corrected chi connectivity index (χ0v) is 20.4. The molecule has 0 saturated heterocycles. The summed E-state index contributed by atoms with van der Waals surface area (Å²) in [5.41, 5.74) is 5.64. The molecule has 0 aromatic carbocycles. The van der Waals surface area contributed by atoms with Crippen molar-refractivity contribution in [1.82, 2.24) is 35.0 Å². The van der Waals surface area contributed by atoms with Crippen LogP contribution in [0, 0.1) is 5.13 Å². The van der Waals surface area contributed by atoms with Crippen LogP contribution in [-0.2, 0) is 0 Å². The molecule has 0 atom stereocenters. The highest BCUT2D eigenvalue weighted by molar-refractivity contribution is 7.14. The van der Waals surface area contributed by atoms with E-state index in [4.69, 9.17) is 4.74 Å². The van der Waals surface area contributed by atoms with Gasteiger partial charge >= 0.3 is 0 Å². The van der Waals surface area contributed by atoms with E-state index in [9.17, 15) is 4.39 Å². The summed E-state index contributed by atoms with van der Waals surface area (Å²) in [5.74, 6) is 0.709. The van der Waals surface area contributed by atoms with E-state index >= 15 is 0 Å². The molecular weight excluding hydrogens is 477 g/mol. The van der Waals surface area contributed by atoms with Crippen molar-refractivity contribution < 1.29 is 9.13 Å². The van der Waals surface area contributed by atoms with Crippen LogP contribution in [0.2, 0.25) is 0 Å². The average Bonchev–Trinajstić information content (AvgIpc) is 3.61. The van der Waals surface area contributed by atoms with E-state index in [1.165, 1.54) is 6.07 Å². The van der Waals surface area contributed by atoms with Crippen LogP contribution in [-0.4, -0.2) is 62.3 Å². The van der Waals surface area contributed by atoms with E-state index < -0.39 is 0 Å². The predicted octanol–water partition coefficient (Wildman–Crippen LogP) is 5.37. The van der Waals surface area contributed by atoms with Gasteiger partial charge in [0.15, 0.2) is 10.8 Å². The molecule has 0 spiro atoms. The van der Waals surface area contributed by atoms with Crippen LogP contribution >= 0.6 is 11.3 Å². The maximum atomic E-state index is 13.7. The normalized spacial score (nSPS) is 11.7. The number of halogens is 1. The number of ether oxygens (including phenoxy) is 1. The lowest BCUT2D eigenvalue weighted by atomic mass is 10.1. The number of thiophene rings is 1. The van der Waals surface area contributed by atoms with Crippen LogP contribution in [0.3, 0.4) is 0 Å². The van der Waals surface area contributed by atoms with Crippen molar-refractivity contribution in [2.75, 3.05) is 27.2 Å². The number of rotatable bonds is 7. The number of hydrogen-bond acceptors (Lipinski definition) is 7. The van der Waals surface area contributed by atoms with Crippen molar-refractivity contribution in [2.45, 2.75) is 0 Å². The van der Waals surface area contributed by atoms with E-state index in [0.29, 0.717) is 23.7 Å². The molecule has 0 bridgehead atoms. The molecule has 180 valence electrons. The van der Waals surface area contributed by atoms with E-state index in [-0.39, 0.29) is 5.13 Å². The number of nitrogens with one attached hydrogen (secondary N) is 2. The number of H-pyrrole nitrogens is 2. The molecule has 6 rings (SSSR count). The Morgan fingerprint density at radius 2 is 1.86 bits per heavy atom. The molecule has 6 heterocycles. The molecule has 36 heavy (non-hydrogen) atoms. The summed E-state index contributed by atoms with van der Waals surface area (Å²) in [6, 6.07) is 11.2. The first kappa shape index (κ1) is 22.3. The van der Waals surface area contributed by atoms with E-state index in [1.54, 1.807) is 30.9 Å². The van der Waals surface area contributed by atoms with Crippen molar-refractivity contribution in [3.63, 3.8) is 0 Å². The zero-order valence-electron chi connectivity index (χ0n) is 19.6. The second-order valence-corrected chi connectivity index (χ2v) is 9.69. The van der Waals surface area contributed by atoms with Gasteiger partial charge in [-0.3, -0.25) is 10.1 Å². The highest BCUT2D eigenvalue weighted by atomic mass is 32.1. The number of pyridine rings is 3. The van der Waals surface area contributed by atoms with Gasteiger partial charge in [-0.25, -0.2) is 9.97 Å². The minimum atomic E-state index is -0.218. The maximum absolute atomic E-state index is 13.7. The summed E-state index contributed by atoms with van der Waals surface area (Å²) >= 11 is 1.11. The monoisotopic (exact) mass is 499 g/mol. The minimum Gasteiger partial charge on any atom is -0.491 e. The fourth-order valence-electron chi connectivity index (χ4n) is 4.10. The lowest BCUT2D eigenvalue weighted by molar-refractivity contribution is 0.261. The van der Waals surface area contributed by atoms with Crippen molar-refractivity contribution in [3.05, 3.63) is 66.3 Å². The smallest absolute Gasteiger partial charge is 0.176 e. The maximum Gasteiger partial charge on any atom is 0.176 e. The van der Waals surface area contributed by atoms with Gasteiger partial charge < -0.3 is 14.6 Å². The third-order valence-corrected chi connectivity index (χ3v) is 6.80. The molecule has 6 aromatic rings. The van der Waals surface area contributed by atoms with Gasteiger partial charge in [0.1, 0.15) is 23.7 Å². The Hall–Kier alpha value is -4.15. The van der Waals surface area contributed by atoms with Gasteiger partial charge in [-0.2, -0.15) is 9.49 Å². The van der Waals surface area contributed by atoms with Crippen molar-refractivity contribution >= 4 is 33.4 Å². The Balaban J connectivity index is 1.37. The van der Waals surface area contributed by atoms with Crippen LogP contribution in [0.5, 0.6) is 5.75 Å². The first-order valence-electron chi connectivity index (χ1n) is 11.4. The fourth-order valence-corrected chi connectivity index (χ4v) is 4.87. The largest absolute Gasteiger partial charge is 0.491 e.